The third-order valence-corrected chi connectivity index (χ3v) is 4.70. The Balaban J connectivity index is 1.48. The Labute approximate surface area is 131 Å². The zero-order valence-electron chi connectivity index (χ0n) is 12.2. The van der Waals surface area contributed by atoms with Gasteiger partial charge < -0.3 is 9.26 Å². The van der Waals surface area contributed by atoms with Crippen molar-refractivity contribution in [2.24, 2.45) is 0 Å². The van der Waals surface area contributed by atoms with E-state index in [2.05, 4.69) is 27.2 Å². The Morgan fingerprint density at radius 3 is 3.05 bits per heavy atom. The second-order valence-electron chi connectivity index (χ2n) is 5.34. The molecule has 1 fully saturated rings. The van der Waals surface area contributed by atoms with Gasteiger partial charge in [-0.05, 0) is 12.1 Å². The predicted molar refractivity (Wildman–Crippen MR) is 82.6 cm³/mol. The maximum absolute atomic E-state index is 5.76. The van der Waals surface area contributed by atoms with Gasteiger partial charge in [0, 0.05) is 20.0 Å². The predicted octanol–water partition coefficient (Wildman–Crippen LogP) is 2.56. The van der Waals surface area contributed by atoms with Crippen LogP contribution in [0.25, 0.3) is 10.2 Å². The van der Waals surface area contributed by atoms with Gasteiger partial charge in [0.1, 0.15) is 11.1 Å². The molecule has 2 aromatic heterocycles. The van der Waals surface area contributed by atoms with Gasteiger partial charge in [-0.1, -0.05) is 17.3 Å². The SMILES string of the molecule is Cc1nc([C@@H]2CN(Cc3nc4ccccc4s3)CCO2)no1. The van der Waals surface area contributed by atoms with Crippen LogP contribution in [0.2, 0.25) is 0 Å². The van der Waals surface area contributed by atoms with Gasteiger partial charge in [0.05, 0.1) is 23.4 Å². The van der Waals surface area contributed by atoms with E-state index in [1.165, 1.54) is 4.70 Å². The van der Waals surface area contributed by atoms with E-state index in [1.54, 1.807) is 18.3 Å². The molecule has 0 radical (unpaired) electrons. The number of benzene rings is 1. The topological polar surface area (TPSA) is 64.3 Å². The third-order valence-electron chi connectivity index (χ3n) is 3.68. The first-order valence-electron chi connectivity index (χ1n) is 7.26. The number of aromatic nitrogens is 3. The van der Waals surface area contributed by atoms with Gasteiger partial charge in [0.2, 0.25) is 11.7 Å². The summed E-state index contributed by atoms with van der Waals surface area (Å²) in [5, 5.41) is 5.10. The van der Waals surface area contributed by atoms with Gasteiger partial charge in [-0.15, -0.1) is 11.3 Å². The van der Waals surface area contributed by atoms with Crippen LogP contribution in [-0.4, -0.2) is 39.7 Å². The summed E-state index contributed by atoms with van der Waals surface area (Å²) in [6.07, 6.45) is -0.124. The van der Waals surface area contributed by atoms with Crippen molar-refractivity contribution in [1.82, 2.24) is 20.0 Å². The molecule has 1 aromatic carbocycles. The van der Waals surface area contributed by atoms with Gasteiger partial charge in [0.25, 0.3) is 0 Å². The Morgan fingerprint density at radius 2 is 2.23 bits per heavy atom. The fourth-order valence-corrected chi connectivity index (χ4v) is 3.64. The number of aryl methyl sites for hydroxylation is 1. The summed E-state index contributed by atoms with van der Waals surface area (Å²) < 4.78 is 12.0. The molecule has 1 aliphatic heterocycles. The summed E-state index contributed by atoms with van der Waals surface area (Å²) in [6.45, 7) is 4.94. The molecule has 0 amide bonds. The molecule has 1 aliphatic rings. The Bertz CT molecular complexity index is 752. The Morgan fingerprint density at radius 1 is 1.32 bits per heavy atom. The summed E-state index contributed by atoms with van der Waals surface area (Å²) in [6, 6.07) is 8.24. The number of thiazole rings is 1. The molecule has 114 valence electrons. The second kappa shape index (κ2) is 5.75. The molecule has 3 aromatic rings. The quantitative estimate of drug-likeness (QED) is 0.740. The van der Waals surface area contributed by atoms with Gasteiger partial charge in [-0.3, -0.25) is 4.90 Å². The average molecular weight is 316 g/mol. The van der Waals surface area contributed by atoms with Crippen molar-refractivity contribution < 1.29 is 9.26 Å². The van der Waals surface area contributed by atoms with Crippen LogP contribution in [-0.2, 0) is 11.3 Å². The van der Waals surface area contributed by atoms with Crippen LogP contribution < -0.4 is 0 Å². The fourth-order valence-electron chi connectivity index (χ4n) is 2.63. The van der Waals surface area contributed by atoms with Crippen LogP contribution in [0.4, 0.5) is 0 Å². The summed E-state index contributed by atoms with van der Waals surface area (Å²) in [4.78, 5) is 11.3. The number of rotatable bonds is 3. The highest BCUT2D eigenvalue weighted by Crippen LogP contribution is 2.25. The molecule has 0 saturated carbocycles. The molecule has 3 heterocycles. The second-order valence-corrected chi connectivity index (χ2v) is 6.46. The van der Waals surface area contributed by atoms with Crippen molar-refractivity contribution in [2.45, 2.75) is 19.6 Å². The molecule has 1 saturated heterocycles. The number of para-hydroxylation sites is 1. The largest absolute Gasteiger partial charge is 0.367 e. The molecule has 6 nitrogen and oxygen atoms in total. The summed E-state index contributed by atoms with van der Waals surface area (Å²) in [5.41, 5.74) is 1.07. The first kappa shape index (κ1) is 13.8. The molecule has 22 heavy (non-hydrogen) atoms. The summed E-state index contributed by atoms with van der Waals surface area (Å²) in [7, 11) is 0. The zero-order chi connectivity index (χ0) is 14.9. The standard InChI is InChI=1S/C15H16N4O2S/c1-10-16-15(18-21-10)12-8-19(6-7-20-12)9-14-17-11-4-2-3-5-13(11)22-14/h2-5,12H,6-9H2,1H3/t12-/m0/s1. The average Bonchev–Trinajstić information content (AvgIpc) is 3.13. The highest BCUT2D eigenvalue weighted by atomic mass is 32.1. The fraction of sp³-hybridized carbons (Fsp3) is 0.400. The van der Waals surface area contributed by atoms with Crippen molar-refractivity contribution in [3.8, 4) is 0 Å². The maximum atomic E-state index is 5.76. The number of nitrogens with zero attached hydrogens (tertiary/aromatic N) is 4. The summed E-state index contributed by atoms with van der Waals surface area (Å²) >= 11 is 1.75. The van der Waals surface area contributed by atoms with Crippen molar-refractivity contribution >= 4 is 21.6 Å². The number of ether oxygens (including phenoxy) is 1. The molecular weight excluding hydrogens is 300 g/mol. The van der Waals surface area contributed by atoms with Crippen molar-refractivity contribution in [1.29, 1.82) is 0 Å². The molecule has 0 unspecified atom stereocenters. The van der Waals surface area contributed by atoms with E-state index in [-0.39, 0.29) is 6.10 Å². The van der Waals surface area contributed by atoms with Crippen LogP contribution in [0.1, 0.15) is 22.8 Å². The highest BCUT2D eigenvalue weighted by Gasteiger charge is 2.26. The van der Waals surface area contributed by atoms with Crippen LogP contribution in [0.5, 0.6) is 0 Å². The molecule has 0 aliphatic carbocycles. The minimum absolute atomic E-state index is 0.124. The van der Waals surface area contributed by atoms with E-state index >= 15 is 0 Å². The van der Waals surface area contributed by atoms with E-state index in [1.807, 2.05) is 12.1 Å². The van der Waals surface area contributed by atoms with E-state index in [0.29, 0.717) is 18.3 Å². The molecule has 0 spiro atoms. The van der Waals surface area contributed by atoms with Crippen LogP contribution in [0.15, 0.2) is 28.8 Å². The normalized spacial score (nSPS) is 19.8. The molecule has 0 N–H and O–H groups in total. The lowest BCUT2D eigenvalue weighted by Gasteiger charge is -2.30. The van der Waals surface area contributed by atoms with Crippen molar-refractivity contribution in [3.05, 3.63) is 41.0 Å². The minimum atomic E-state index is -0.124. The maximum Gasteiger partial charge on any atom is 0.223 e. The van der Waals surface area contributed by atoms with Crippen molar-refractivity contribution in [3.63, 3.8) is 0 Å². The van der Waals surface area contributed by atoms with Gasteiger partial charge in [0.15, 0.2) is 0 Å². The lowest BCUT2D eigenvalue weighted by atomic mass is 10.2. The van der Waals surface area contributed by atoms with E-state index in [0.717, 1.165) is 30.2 Å². The zero-order valence-corrected chi connectivity index (χ0v) is 13.0. The minimum Gasteiger partial charge on any atom is -0.367 e. The summed E-state index contributed by atoms with van der Waals surface area (Å²) in [5.74, 6) is 1.20. The number of morpholine rings is 1. The first-order valence-corrected chi connectivity index (χ1v) is 8.08. The molecule has 4 rings (SSSR count). The number of fused-ring (bicyclic) bond motifs is 1. The van der Waals surface area contributed by atoms with E-state index in [4.69, 9.17) is 14.2 Å². The molecule has 7 heteroatoms. The highest BCUT2D eigenvalue weighted by molar-refractivity contribution is 7.18. The number of hydrogen-bond acceptors (Lipinski definition) is 7. The monoisotopic (exact) mass is 316 g/mol. The van der Waals surface area contributed by atoms with Crippen LogP contribution >= 0.6 is 11.3 Å². The van der Waals surface area contributed by atoms with Crippen molar-refractivity contribution in [2.75, 3.05) is 19.7 Å². The Kier molecular flexibility index (Phi) is 3.61. The lowest BCUT2D eigenvalue weighted by Crippen LogP contribution is -2.38. The molecular formula is C15H16N4O2S. The van der Waals surface area contributed by atoms with E-state index < -0.39 is 0 Å². The third kappa shape index (κ3) is 2.75. The van der Waals surface area contributed by atoms with Gasteiger partial charge in [-0.2, -0.15) is 4.98 Å². The van der Waals surface area contributed by atoms with Crippen LogP contribution in [0, 0.1) is 6.92 Å². The van der Waals surface area contributed by atoms with Crippen LogP contribution in [0.3, 0.4) is 0 Å². The first-order chi connectivity index (χ1) is 10.8. The number of hydrogen-bond donors (Lipinski definition) is 0. The molecule has 1 atom stereocenters. The Hall–Kier alpha value is -1.83. The van der Waals surface area contributed by atoms with E-state index in [9.17, 15) is 0 Å². The molecule has 0 bridgehead atoms. The lowest BCUT2D eigenvalue weighted by molar-refractivity contribution is -0.0380. The smallest absolute Gasteiger partial charge is 0.223 e. The van der Waals surface area contributed by atoms with Gasteiger partial charge in [-0.25, -0.2) is 4.98 Å². The van der Waals surface area contributed by atoms with Gasteiger partial charge >= 0.3 is 0 Å².